The van der Waals surface area contributed by atoms with Crippen molar-refractivity contribution in [2.45, 2.75) is 25.8 Å². The smallest absolute Gasteiger partial charge is 0.276 e. The van der Waals surface area contributed by atoms with Crippen molar-refractivity contribution in [1.29, 1.82) is 0 Å². The third kappa shape index (κ3) is 3.17. The Morgan fingerprint density at radius 1 is 1.29 bits per heavy atom. The molecule has 2 aromatic carbocycles. The van der Waals surface area contributed by atoms with Gasteiger partial charge < -0.3 is 19.1 Å². The van der Waals surface area contributed by atoms with E-state index in [1.165, 1.54) is 13.2 Å². The minimum absolute atomic E-state index is 0.232. The van der Waals surface area contributed by atoms with Gasteiger partial charge in [0.15, 0.2) is 5.69 Å². The Balaban J connectivity index is 1.66. The summed E-state index contributed by atoms with van der Waals surface area (Å²) in [4.78, 5) is 18.5. The molecule has 4 aromatic rings. The molecule has 1 aliphatic rings. The zero-order valence-corrected chi connectivity index (χ0v) is 17.3. The molecule has 1 unspecified atom stereocenters. The molecule has 0 aliphatic carbocycles. The Kier molecular flexibility index (Phi) is 4.73. The molecule has 3 heterocycles. The van der Waals surface area contributed by atoms with Crippen molar-refractivity contribution >= 4 is 16.8 Å². The van der Waals surface area contributed by atoms with Crippen LogP contribution >= 0.6 is 0 Å². The standard InChI is InChI=1S/C24H22FN3O3/c1-3-14-13-21(27-31-14)24(29)28-11-10-17-16-6-4-5-7-20(16)26-22(17)23(28)18-9-8-15(30-2)12-19(18)25/h4-9,12-13,23,26H,3,10-11H2,1-2H3. The van der Waals surface area contributed by atoms with Gasteiger partial charge in [-0.05, 0) is 30.2 Å². The second-order valence-electron chi connectivity index (χ2n) is 7.63. The van der Waals surface area contributed by atoms with E-state index in [-0.39, 0.29) is 11.6 Å². The average molecular weight is 419 g/mol. The number of hydrogen-bond donors (Lipinski definition) is 1. The van der Waals surface area contributed by atoms with Gasteiger partial charge in [0.05, 0.1) is 7.11 Å². The van der Waals surface area contributed by atoms with Gasteiger partial charge in [-0.15, -0.1) is 0 Å². The van der Waals surface area contributed by atoms with E-state index in [4.69, 9.17) is 9.26 Å². The van der Waals surface area contributed by atoms with Gasteiger partial charge in [0.1, 0.15) is 23.4 Å². The van der Waals surface area contributed by atoms with Crippen molar-refractivity contribution in [2.75, 3.05) is 13.7 Å². The molecule has 31 heavy (non-hydrogen) atoms. The van der Waals surface area contributed by atoms with Crippen LogP contribution in [0.2, 0.25) is 0 Å². The Bertz CT molecular complexity index is 1280. The van der Waals surface area contributed by atoms with E-state index < -0.39 is 11.9 Å². The van der Waals surface area contributed by atoms with Gasteiger partial charge in [-0.2, -0.15) is 0 Å². The molecule has 0 radical (unpaired) electrons. The molecule has 0 saturated heterocycles. The normalized spacial score (nSPS) is 15.8. The number of para-hydroxylation sites is 1. The van der Waals surface area contributed by atoms with E-state index in [1.54, 1.807) is 23.1 Å². The summed E-state index contributed by atoms with van der Waals surface area (Å²) in [5.74, 6) is 0.353. The van der Waals surface area contributed by atoms with Crippen molar-refractivity contribution in [3.63, 3.8) is 0 Å². The van der Waals surface area contributed by atoms with Crippen LogP contribution in [0.25, 0.3) is 10.9 Å². The van der Waals surface area contributed by atoms with Gasteiger partial charge >= 0.3 is 0 Å². The lowest BCUT2D eigenvalue weighted by Gasteiger charge is -2.36. The molecule has 158 valence electrons. The van der Waals surface area contributed by atoms with Crippen molar-refractivity contribution in [3.05, 3.63) is 82.6 Å². The van der Waals surface area contributed by atoms with Gasteiger partial charge in [0.2, 0.25) is 0 Å². The molecule has 7 heteroatoms. The highest BCUT2D eigenvalue weighted by Crippen LogP contribution is 2.40. The molecule has 0 saturated carbocycles. The van der Waals surface area contributed by atoms with Crippen LogP contribution in [0.5, 0.6) is 5.75 Å². The molecule has 1 atom stereocenters. The van der Waals surface area contributed by atoms with Gasteiger partial charge in [0.25, 0.3) is 5.91 Å². The first-order valence-corrected chi connectivity index (χ1v) is 10.3. The zero-order chi connectivity index (χ0) is 21.5. The fourth-order valence-corrected chi connectivity index (χ4v) is 4.37. The number of aromatic amines is 1. The summed E-state index contributed by atoms with van der Waals surface area (Å²) in [6, 6.07) is 13.8. The van der Waals surface area contributed by atoms with Crippen molar-refractivity contribution in [3.8, 4) is 5.75 Å². The molecule has 0 fully saturated rings. The molecule has 2 aromatic heterocycles. The lowest BCUT2D eigenvalue weighted by Crippen LogP contribution is -2.41. The largest absolute Gasteiger partial charge is 0.497 e. The molecule has 6 nitrogen and oxygen atoms in total. The number of aryl methyl sites for hydroxylation is 1. The number of aromatic nitrogens is 2. The van der Waals surface area contributed by atoms with Gasteiger partial charge in [-0.25, -0.2) is 4.39 Å². The van der Waals surface area contributed by atoms with Crippen LogP contribution in [0, 0.1) is 5.82 Å². The number of benzene rings is 2. The van der Waals surface area contributed by atoms with E-state index in [0.29, 0.717) is 36.5 Å². The van der Waals surface area contributed by atoms with Crippen LogP contribution in [-0.2, 0) is 12.8 Å². The first-order valence-electron chi connectivity index (χ1n) is 10.3. The highest BCUT2D eigenvalue weighted by molar-refractivity contribution is 5.94. The topological polar surface area (TPSA) is 71.4 Å². The Labute approximate surface area is 178 Å². The van der Waals surface area contributed by atoms with Crippen molar-refractivity contribution in [1.82, 2.24) is 15.0 Å². The van der Waals surface area contributed by atoms with Crippen LogP contribution in [0.15, 0.2) is 53.1 Å². The van der Waals surface area contributed by atoms with Crippen molar-refractivity contribution in [2.24, 2.45) is 0 Å². The number of rotatable bonds is 4. The van der Waals surface area contributed by atoms with E-state index >= 15 is 4.39 Å². The predicted octanol–water partition coefficient (Wildman–Crippen LogP) is 4.65. The van der Waals surface area contributed by atoms with Crippen molar-refractivity contribution < 1.29 is 18.4 Å². The molecule has 1 amide bonds. The number of nitrogens with zero attached hydrogens (tertiary/aromatic N) is 2. The summed E-state index contributed by atoms with van der Waals surface area (Å²) in [6.45, 7) is 2.38. The van der Waals surface area contributed by atoms with E-state index in [0.717, 1.165) is 22.2 Å². The van der Waals surface area contributed by atoms with Crippen LogP contribution in [-0.4, -0.2) is 34.6 Å². The number of ether oxygens (including phenoxy) is 1. The number of carbonyl (C=O) groups excluding carboxylic acids is 1. The number of hydrogen-bond acceptors (Lipinski definition) is 4. The van der Waals surface area contributed by atoms with E-state index in [1.807, 2.05) is 25.1 Å². The van der Waals surface area contributed by atoms with E-state index in [9.17, 15) is 4.79 Å². The summed E-state index contributed by atoms with van der Waals surface area (Å²) in [5.41, 5.74) is 3.53. The lowest BCUT2D eigenvalue weighted by molar-refractivity contribution is 0.0678. The highest BCUT2D eigenvalue weighted by atomic mass is 19.1. The monoisotopic (exact) mass is 419 g/mol. The molecule has 1 N–H and O–H groups in total. The van der Waals surface area contributed by atoms with Crippen LogP contribution in [0.4, 0.5) is 4.39 Å². The third-order valence-electron chi connectivity index (χ3n) is 5.92. The number of amides is 1. The van der Waals surface area contributed by atoms with Crippen LogP contribution in [0.3, 0.4) is 0 Å². The Hall–Kier alpha value is -3.61. The summed E-state index contributed by atoms with van der Waals surface area (Å²) in [6.07, 6.45) is 1.31. The SMILES string of the molecule is CCc1cc(C(=O)N2CCc3c([nH]c4ccccc34)C2c2ccc(OC)cc2F)no1. The number of nitrogens with one attached hydrogen (secondary N) is 1. The Morgan fingerprint density at radius 3 is 2.87 bits per heavy atom. The summed E-state index contributed by atoms with van der Waals surface area (Å²) < 4.78 is 25.6. The van der Waals surface area contributed by atoms with Gasteiger partial charge in [-0.1, -0.05) is 30.3 Å². The molecule has 1 aliphatic heterocycles. The second-order valence-corrected chi connectivity index (χ2v) is 7.63. The van der Waals surface area contributed by atoms with Gasteiger partial charge in [-0.3, -0.25) is 4.79 Å². The number of fused-ring (bicyclic) bond motifs is 3. The first kappa shape index (κ1) is 19.4. The summed E-state index contributed by atoms with van der Waals surface area (Å²) >= 11 is 0. The highest BCUT2D eigenvalue weighted by Gasteiger charge is 2.37. The number of H-pyrrole nitrogens is 1. The number of methoxy groups -OCH3 is 1. The summed E-state index contributed by atoms with van der Waals surface area (Å²) in [7, 11) is 1.50. The predicted molar refractivity (Wildman–Crippen MR) is 114 cm³/mol. The van der Waals surface area contributed by atoms with Crippen LogP contribution in [0.1, 0.15) is 46.0 Å². The number of carbonyl (C=O) groups is 1. The van der Waals surface area contributed by atoms with E-state index in [2.05, 4.69) is 16.2 Å². The minimum atomic E-state index is -0.615. The first-order chi connectivity index (χ1) is 15.1. The maximum Gasteiger partial charge on any atom is 0.276 e. The molecular weight excluding hydrogens is 397 g/mol. The van der Waals surface area contributed by atoms with Crippen LogP contribution < -0.4 is 4.74 Å². The average Bonchev–Trinajstić information content (AvgIpc) is 3.43. The Morgan fingerprint density at radius 2 is 2.13 bits per heavy atom. The molecule has 5 rings (SSSR count). The quantitative estimate of drug-likeness (QED) is 0.523. The summed E-state index contributed by atoms with van der Waals surface area (Å²) in [5, 5.41) is 5.04. The molecule has 0 spiro atoms. The molecular formula is C24H22FN3O3. The maximum atomic E-state index is 15.2. The lowest BCUT2D eigenvalue weighted by atomic mass is 9.91. The van der Waals surface area contributed by atoms with Gasteiger partial charge in [0, 0.05) is 47.3 Å². The fourth-order valence-electron chi connectivity index (χ4n) is 4.37. The fraction of sp³-hybridized carbons (Fsp3) is 0.250. The maximum absolute atomic E-state index is 15.2. The minimum Gasteiger partial charge on any atom is -0.497 e. The molecule has 0 bridgehead atoms. The second kappa shape index (κ2) is 7.58. The third-order valence-corrected chi connectivity index (χ3v) is 5.92. The number of halogens is 1. The zero-order valence-electron chi connectivity index (χ0n) is 17.3.